The zero-order valence-corrected chi connectivity index (χ0v) is 41.5. The second-order valence-electron chi connectivity index (χ2n) is 18.3. The Morgan fingerprint density at radius 1 is 0.583 bits per heavy atom. The Labute approximate surface area is 419 Å². The van der Waals surface area contributed by atoms with Crippen molar-refractivity contribution in [2.75, 3.05) is 9.80 Å². The van der Waals surface area contributed by atoms with E-state index < -0.39 is 30.1 Å². The molecule has 72 heavy (non-hydrogen) atoms. The predicted octanol–water partition coefficient (Wildman–Crippen LogP) is 11.3. The number of carbonyl (C=O) groups is 2. The summed E-state index contributed by atoms with van der Waals surface area (Å²) in [6.45, 7) is 13.7. The van der Waals surface area contributed by atoms with Crippen molar-refractivity contribution < 1.29 is 38.0 Å². The van der Waals surface area contributed by atoms with Gasteiger partial charge in [0.2, 0.25) is 0 Å². The summed E-state index contributed by atoms with van der Waals surface area (Å²) in [4.78, 5) is 37.7. The standard InChI is InChI=1S/C28H27FN4O3.C28H28N4O4/c1-19-23(16-32-25(13-29)26(19)35-18-22-7-5-6-21(12-22)15-31)17-33(27(34)36-28(2,3)4)24-10-8-20(14-30)9-11-24;1-19-23(15-31-25(17-33)26(19)35-18-22-7-5-6-21(12-22)14-30)16-32(27(34)36-28(2,3)4)24-10-8-20(13-29)9-11-24/h5-12,16H,13,17-18H2,1-4H3;5-12,15,33H,16-18H2,1-4H3. The van der Waals surface area contributed by atoms with Crippen LogP contribution in [0.5, 0.6) is 11.5 Å². The van der Waals surface area contributed by atoms with Crippen LogP contribution in [0.1, 0.15) is 109 Å². The van der Waals surface area contributed by atoms with Gasteiger partial charge in [0.15, 0.2) is 0 Å². The fourth-order valence-corrected chi connectivity index (χ4v) is 6.96. The van der Waals surface area contributed by atoms with Crippen LogP contribution in [0.3, 0.4) is 0 Å². The molecule has 0 aliphatic rings. The first-order valence-corrected chi connectivity index (χ1v) is 22.7. The molecule has 1 N–H and O–H groups in total. The molecule has 2 aromatic heterocycles. The number of aliphatic hydroxyl groups excluding tert-OH is 1. The number of aliphatic hydroxyl groups is 1. The van der Waals surface area contributed by atoms with E-state index in [0.717, 1.165) is 11.1 Å². The summed E-state index contributed by atoms with van der Waals surface area (Å²) in [7, 11) is 0. The molecule has 0 aliphatic carbocycles. The van der Waals surface area contributed by atoms with Crippen LogP contribution in [-0.2, 0) is 49.1 Å². The molecule has 2 amide bonds. The van der Waals surface area contributed by atoms with E-state index in [-0.39, 0.29) is 38.6 Å². The summed E-state index contributed by atoms with van der Waals surface area (Å²) < 4.78 is 37.0. The summed E-state index contributed by atoms with van der Waals surface area (Å²) in [5.41, 5.74) is 6.40. The molecule has 0 atom stereocenters. The smallest absolute Gasteiger partial charge is 0.415 e. The number of amides is 2. The molecule has 4 aromatic carbocycles. The average Bonchev–Trinajstić information content (AvgIpc) is 3.36. The fourth-order valence-electron chi connectivity index (χ4n) is 6.96. The van der Waals surface area contributed by atoms with Crippen molar-refractivity contribution in [3.8, 4) is 35.8 Å². The largest absolute Gasteiger partial charge is 0.487 e. The van der Waals surface area contributed by atoms with Crippen LogP contribution in [0.2, 0.25) is 0 Å². The number of pyridine rings is 2. The lowest BCUT2D eigenvalue weighted by Crippen LogP contribution is -2.36. The molecule has 0 saturated heterocycles. The molecule has 6 rings (SSSR count). The number of alkyl halides is 1. The Kier molecular flexibility index (Phi) is 18.5. The van der Waals surface area contributed by atoms with Gasteiger partial charge in [-0.2, -0.15) is 21.0 Å². The number of halogens is 1. The molecule has 368 valence electrons. The Morgan fingerprint density at radius 3 is 1.31 bits per heavy atom. The van der Waals surface area contributed by atoms with E-state index in [1.54, 1.807) is 140 Å². The Balaban J connectivity index is 0.000000267. The third-order valence-electron chi connectivity index (χ3n) is 10.6. The van der Waals surface area contributed by atoms with E-state index in [1.807, 2.05) is 19.1 Å². The number of aromatic nitrogens is 2. The van der Waals surface area contributed by atoms with Crippen LogP contribution >= 0.6 is 0 Å². The normalized spacial score (nSPS) is 10.8. The molecular formula is C56H55FN8O7. The van der Waals surface area contributed by atoms with Crippen molar-refractivity contribution in [1.29, 1.82) is 21.0 Å². The molecule has 0 saturated carbocycles. The maximum atomic E-state index is 13.8. The molecule has 0 unspecified atom stereocenters. The topological polar surface area (TPSA) is 219 Å². The zero-order valence-electron chi connectivity index (χ0n) is 41.5. The number of carbonyl (C=O) groups excluding carboxylic acids is 2. The van der Waals surface area contributed by atoms with Gasteiger partial charge >= 0.3 is 12.2 Å². The van der Waals surface area contributed by atoms with Crippen molar-refractivity contribution in [2.24, 2.45) is 0 Å². The van der Waals surface area contributed by atoms with Crippen molar-refractivity contribution >= 4 is 23.6 Å². The van der Waals surface area contributed by atoms with Gasteiger partial charge in [-0.05, 0) is 162 Å². The van der Waals surface area contributed by atoms with Crippen molar-refractivity contribution in [2.45, 2.75) is 106 Å². The van der Waals surface area contributed by atoms with Gasteiger partial charge in [0, 0.05) is 23.8 Å². The Hall–Kier alpha value is -8.83. The van der Waals surface area contributed by atoms with Gasteiger partial charge in [0.05, 0.1) is 66.2 Å². The molecule has 0 radical (unpaired) electrons. The third kappa shape index (κ3) is 15.1. The lowest BCUT2D eigenvalue weighted by Gasteiger charge is -2.28. The molecular weight excluding hydrogens is 916 g/mol. The highest BCUT2D eigenvalue weighted by Gasteiger charge is 2.27. The Bertz CT molecular complexity index is 2840. The summed E-state index contributed by atoms with van der Waals surface area (Å²) in [5, 5.41) is 46.4. The molecule has 6 aromatic rings. The number of nitriles is 4. The lowest BCUT2D eigenvalue weighted by molar-refractivity contribution is 0.0566. The number of hydrogen-bond donors (Lipinski definition) is 1. The first-order valence-electron chi connectivity index (χ1n) is 22.7. The summed E-state index contributed by atoms with van der Waals surface area (Å²) in [6.07, 6.45) is 2.00. The van der Waals surface area contributed by atoms with Gasteiger partial charge in [0.25, 0.3) is 0 Å². The lowest BCUT2D eigenvalue weighted by atomic mass is 10.1. The third-order valence-corrected chi connectivity index (χ3v) is 10.6. The van der Waals surface area contributed by atoms with E-state index in [4.69, 9.17) is 40.0 Å². The average molecular weight is 971 g/mol. The maximum absolute atomic E-state index is 13.8. The quantitative estimate of drug-likeness (QED) is 0.107. The minimum atomic E-state index is -0.819. The van der Waals surface area contributed by atoms with Crippen LogP contribution in [0.25, 0.3) is 0 Å². The van der Waals surface area contributed by atoms with E-state index in [1.165, 1.54) is 16.0 Å². The minimum Gasteiger partial charge on any atom is -0.487 e. The van der Waals surface area contributed by atoms with E-state index >= 15 is 0 Å². The van der Waals surface area contributed by atoms with Crippen LogP contribution in [0.15, 0.2) is 109 Å². The number of ether oxygens (including phenoxy) is 4. The number of benzene rings is 4. The van der Waals surface area contributed by atoms with Crippen LogP contribution in [0, 0.1) is 59.2 Å². The molecule has 15 nitrogen and oxygen atoms in total. The monoisotopic (exact) mass is 970 g/mol. The summed E-state index contributed by atoms with van der Waals surface area (Å²) in [5.74, 6) is 0.711. The molecule has 16 heteroatoms. The SMILES string of the molecule is Cc1c(CN(C(=O)OC(C)(C)C)c2ccc(C#N)cc2)cnc(CF)c1OCc1cccc(C#N)c1.Cc1c(CN(C(=O)OC(C)(C)C)c2ccc(C#N)cc2)cnc(CO)c1OCc1cccc(C#N)c1. The molecule has 0 bridgehead atoms. The highest BCUT2D eigenvalue weighted by Crippen LogP contribution is 2.32. The fraction of sp³-hybridized carbons (Fsp3) is 0.286. The minimum absolute atomic E-state index is 0.0898. The van der Waals surface area contributed by atoms with Gasteiger partial charge in [0.1, 0.15) is 54.0 Å². The molecule has 0 fully saturated rings. The van der Waals surface area contributed by atoms with E-state index in [0.29, 0.717) is 73.1 Å². The predicted molar refractivity (Wildman–Crippen MR) is 267 cm³/mol. The summed E-state index contributed by atoms with van der Waals surface area (Å²) in [6, 6.07) is 35.6. The number of anilines is 2. The highest BCUT2D eigenvalue weighted by atomic mass is 19.1. The van der Waals surface area contributed by atoms with Gasteiger partial charge in [-0.15, -0.1) is 0 Å². The first-order chi connectivity index (χ1) is 34.3. The van der Waals surface area contributed by atoms with Crippen LogP contribution < -0.4 is 19.3 Å². The molecule has 2 heterocycles. The van der Waals surface area contributed by atoms with Gasteiger partial charge in [-0.25, -0.2) is 14.0 Å². The first kappa shape index (κ1) is 54.1. The van der Waals surface area contributed by atoms with Crippen LogP contribution in [-0.4, -0.2) is 38.5 Å². The second kappa shape index (κ2) is 24.6. The van der Waals surface area contributed by atoms with Crippen LogP contribution in [0.4, 0.5) is 25.4 Å². The number of rotatable bonds is 14. The van der Waals surface area contributed by atoms with Crippen molar-refractivity contribution in [3.05, 3.63) is 176 Å². The molecule has 0 spiro atoms. The number of nitrogens with zero attached hydrogens (tertiary/aromatic N) is 8. The van der Waals surface area contributed by atoms with E-state index in [9.17, 15) is 19.1 Å². The summed E-state index contributed by atoms with van der Waals surface area (Å²) >= 11 is 0. The second-order valence-corrected chi connectivity index (χ2v) is 18.3. The maximum Gasteiger partial charge on any atom is 0.415 e. The van der Waals surface area contributed by atoms with Gasteiger partial charge in [-0.1, -0.05) is 24.3 Å². The zero-order chi connectivity index (χ0) is 52.6. The van der Waals surface area contributed by atoms with E-state index in [2.05, 4.69) is 34.2 Å². The van der Waals surface area contributed by atoms with Gasteiger partial charge in [-0.3, -0.25) is 19.8 Å². The number of hydrogen-bond acceptors (Lipinski definition) is 13. The Morgan fingerprint density at radius 2 is 0.958 bits per heavy atom. The van der Waals surface area contributed by atoms with Gasteiger partial charge < -0.3 is 24.1 Å². The van der Waals surface area contributed by atoms with Crippen molar-refractivity contribution in [1.82, 2.24) is 9.97 Å². The molecule has 0 aliphatic heterocycles. The highest BCUT2D eigenvalue weighted by molar-refractivity contribution is 5.88. The van der Waals surface area contributed by atoms with Crippen molar-refractivity contribution in [3.63, 3.8) is 0 Å².